The Hall–Kier alpha value is -2.02. The first kappa shape index (κ1) is 19.7. The molecule has 7 heteroatoms. The molecular weight excluding hydrogens is 402 g/mol. The number of halogens is 1. The van der Waals surface area contributed by atoms with Crippen molar-refractivity contribution < 1.29 is 14.3 Å². The third kappa shape index (κ3) is 5.48. The lowest BCUT2D eigenvalue weighted by Crippen LogP contribution is -2.22. The summed E-state index contributed by atoms with van der Waals surface area (Å²) >= 11 is 12.3. The lowest BCUT2D eigenvalue weighted by molar-refractivity contribution is -0.121. The van der Waals surface area contributed by atoms with Gasteiger partial charge in [0.1, 0.15) is 15.8 Å². The monoisotopic (exact) mass is 419 g/mol. The number of hydrogen-bond donors (Lipinski definition) is 0. The molecule has 4 nitrogen and oxygen atoms in total. The van der Waals surface area contributed by atoms with Crippen LogP contribution in [0.25, 0.3) is 6.08 Å². The normalized spacial score (nSPS) is 15.5. The Morgan fingerprint density at radius 1 is 1.11 bits per heavy atom. The molecule has 1 fully saturated rings. The molecular formula is C20H18ClNO3S2. The van der Waals surface area contributed by atoms with Crippen LogP contribution in [-0.4, -0.2) is 35.4 Å². The van der Waals surface area contributed by atoms with Crippen molar-refractivity contribution in [3.63, 3.8) is 0 Å². The van der Waals surface area contributed by atoms with Crippen LogP contribution < -0.4 is 9.47 Å². The predicted octanol–water partition coefficient (Wildman–Crippen LogP) is 5.02. The topological polar surface area (TPSA) is 38.8 Å². The van der Waals surface area contributed by atoms with Gasteiger partial charge in [0.05, 0.1) is 18.1 Å². The van der Waals surface area contributed by atoms with Crippen molar-refractivity contribution in [2.45, 2.75) is 6.42 Å². The quantitative estimate of drug-likeness (QED) is 0.358. The first-order chi connectivity index (χ1) is 13.0. The smallest absolute Gasteiger partial charge is 0.265 e. The first-order valence-corrected chi connectivity index (χ1v) is 9.96. The van der Waals surface area contributed by atoms with Gasteiger partial charge in [-0.05, 0) is 48.0 Å². The highest BCUT2D eigenvalue weighted by molar-refractivity contribution is 8.26. The fourth-order valence-electron chi connectivity index (χ4n) is 2.36. The maximum absolute atomic E-state index is 12.1. The molecule has 140 valence electrons. The molecule has 2 aromatic carbocycles. The van der Waals surface area contributed by atoms with Gasteiger partial charge in [-0.3, -0.25) is 9.69 Å². The second-order valence-corrected chi connectivity index (χ2v) is 7.93. The number of carbonyl (C=O) groups is 1. The van der Waals surface area contributed by atoms with Crippen molar-refractivity contribution in [3.8, 4) is 11.5 Å². The minimum Gasteiger partial charge on any atom is -0.493 e. The van der Waals surface area contributed by atoms with Crippen LogP contribution in [-0.2, 0) is 4.79 Å². The molecule has 0 atom stereocenters. The highest BCUT2D eigenvalue weighted by atomic mass is 35.5. The summed E-state index contributed by atoms with van der Waals surface area (Å²) in [6, 6.07) is 14.9. The second kappa shape index (κ2) is 9.26. The predicted molar refractivity (Wildman–Crippen MR) is 114 cm³/mol. The van der Waals surface area contributed by atoms with Crippen molar-refractivity contribution in [2.24, 2.45) is 0 Å². The van der Waals surface area contributed by atoms with E-state index in [0.29, 0.717) is 27.5 Å². The summed E-state index contributed by atoms with van der Waals surface area (Å²) in [4.78, 5) is 14.2. The number of thioether (sulfide) groups is 1. The number of likely N-dealkylation sites (N-methyl/N-ethyl adjacent to an activating group) is 1. The summed E-state index contributed by atoms with van der Waals surface area (Å²) in [7, 11) is 1.68. The van der Waals surface area contributed by atoms with Gasteiger partial charge in [-0.25, -0.2) is 0 Å². The van der Waals surface area contributed by atoms with E-state index in [-0.39, 0.29) is 5.91 Å². The zero-order valence-electron chi connectivity index (χ0n) is 14.7. The van der Waals surface area contributed by atoms with Gasteiger partial charge in [0, 0.05) is 18.5 Å². The lowest BCUT2D eigenvalue weighted by Gasteiger charge is -2.09. The van der Waals surface area contributed by atoms with E-state index >= 15 is 0 Å². The Morgan fingerprint density at radius 2 is 1.81 bits per heavy atom. The summed E-state index contributed by atoms with van der Waals surface area (Å²) < 4.78 is 12.0. The van der Waals surface area contributed by atoms with Crippen LogP contribution in [0.15, 0.2) is 53.4 Å². The number of carbonyl (C=O) groups excluding carboxylic acids is 1. The molecule has 0 N–H and O–H groups in total. The molecule has 1 amide bonds. The molecule has 0 aliphatic carbocycles. The van der Waals surface area contributed by atoms with E-state index in [4.69, 9.17) is 33.3 Å². The first-order valence-electron chi connectivity index (χ1n) is 8.36. The number of amides is 1. The third-order valence-electron chi connectivity index (χ3n) is 3.78. The Balaban J connectivity index is 1.49. The Morgan fingerprint density at radius 3 is 2.48 bits per heavy atom. The van der Waals surface area contributed by atoms with Gasteiger partial charge in [0.2, 0.25) is 0 Å². The summed E-state index contributed by atoms with van der Waals surface area (Å²) in [5, 5.41) is 0.687. The van der Waals surface area contributed by atoms with E-state index in [1.54, 1.807) is 19.2 Å². The van der Waals surface area contributed by atoms with Crippen molar-refractivity contribution in [1.82, 2.24) is 4.90 Å². The fourth-order valence-corrected chi connectivity index (χ4v) is 3.67. The summed E-state index contributed by atoms with van der Waals surface area (Å²) in [5.41, 5.74) is 0.902. The molecule has 0 aromatic heterocycles. The number of thiocarbonyl (C=S) groups is 1. The van der Waals surface area contributed by atoms with Crippen molar-refractivity contribution in [2.75, 3.05) is 20.3 Å². The van der Waals surface area contributed by atoms with Crippen LogP contribution >= 0.6 is 35.6 Å². The molecule has 3 rings (SSSR count). The van der Waals surface area contributed by atoms with E-state index in [0.717, 1.165) is 23.5 Å². The SMILES string of the molecule is CN1C(=O)C(=Cc2cccc(OCCCOc3ccc(Cl)cc3)c2)SC1=S. The number of ether oxygens (including phenoxy) is 2. The van der Waals surface area contributed by atoms with Gasteiger partial charge < -0.3 is 9.47 Å². The van der Waals surface area contributed by atoms with Crippen LogP contribution in [0, 0.1) is 0 Å². The zero-order valence-corrected chi connectivity index (χ0v) is 17.1. The fraction of sp³-hybridized carbons (Fsp3) is 0.200. The van der Waals surface area contributed by atoms with Crippen molar-refractivity contribution in [1.29, 1.82) is 0 Å². The van der Waals surface area contributed by atoms with Gasteiger partial charge in [0.25, 0.3) is 5.91 Å². The number of nitrogens with zero attached hydrogens (tertiary/aromatic N) is 1. The number of hydrogen-bond acceptors (Lipinski definition) is 5. The van der Waals surface area contributed by atoms with E-state index in [2.05, 4.69) is 0 Å². The van der Waals surface area contributed by atoms with Crippen molar-refractivity contribution in [3.05, 3.63) is 64.0 Å². The molecule has 1 aliphatic heterocycles. The maximum Gasteiger partial charge on any atom is 0.265 e. The molecule has 0 radical (unpaired) electrons. The van der Waals surface area contributed by atoms with Crippen LogP contribution in [0.5, 0.6) is 11.5 Å². The molecule has 1 saturated heterocycles. The standard InChI is InChI=1S/C20H18ClNO3S2/c1-22-19(23)18(27-20(22)26)13-14-4-2-5-17(12-14)25-11-3-10-24-16-8-6-15(21)7-9-16/h2,4-9,12-13H,3,10-11H2,1H3. The highest BCUT2D eigenvalue weighted by Gasteiger charge is 2.28. The zero-order chi connectivity index (χ0) is 19.2. The average molecular weight is 420 g/mol. The summed E-state index contributed by atoms with van der Waals surface area (Å²) in [5.74, 6) is 1.47. The molecule has 27 heavy (non-hydrogen) atoms. The Kier molecular flexibility index (Phi) is 6.77. The van der Waals surface area contributed by atoms with Crippen LogP contribution in [0.2, 0.25) is 5.02 Å². The molecule has 0 spiro atoms. The van der Waals surface area contributed by atoms with Gasteiger partial charge >= 0.3 is 0 Å². The van der Waals surface area contributed by atoms with Crippen LogP contribution in [0.1, 0.15) is 12.0 Å². The molecule has 1 heterocycles. The second-order valence-electron chi connectivity index (χ2n) is 5.82. The number of rotatable bonds is 7. The third-order valence-corrected chi connectivity index (χ3v) is 5.52. The van der Waals surface area contributed by atoms with E-state index in [1.165, 1.54) is 16.7 Å². The van der Waals surface area contributed by atoms with Gasteiger partial charge in [-0.15, -0.1) is 0 Å². The molecule has 0 saturated carbocycles. The van der Waals surface area contributed by atoms with Crippen LogP contribution in [0.4, 0.5) is 0 Å². The average Bonchev–Trinajstić information content (AvgIpc) is 2.90. The van der Waals surface area contributed by atoms with Crippen molar-refractivity contribution >= 4 is 51.9 Å². The van der Waals surface area contributed by atoms with Gasteiger partial charge in [0.15, 0.2) is 0 Å². The van der Waals surface area contributed by atoms with Gasteiger partial charge in [-0.2, -0.15) is 0 Å². The minimum atomic E-state index is -0.0735. The number of benzene rings is 2. The molecule has 1 aliphatic rings. The van der Waals surface area contributed by atoms with E-state index in [9.17, 15) is 4.79 Å². The largest absolute Gasteiger partial charge is 0.493 e. The molecule has 0 unspecified atom stereocenters. The van der Waals surface area contributed by atoms with E-state index < -0.39 is 0 Å². The highest BCUT2D eigenvalue weighted by Crippen LogP contribution is 2.31. The molecule has 2 aromatic rings. The summed E-state index contributed by atoms with van der Waals surface area (Å²) in [6.07, 6.45) is 2.58. The lowest BCUT2D eigenvalue weighted by atomic mass is 10.2. The summed E-state index contributed by atoms with van der Waals surface area (Å²) in [6.45, 7) is 1.09. The Labute approximate surface area is 173 Å². The molecule has 0 bridgehead atoms. The Bertz CT molecular complexity index is 868. The van der Waals surface area contributed by atoms with Crippen LogP contribution in [0.3, 0.4) is 0 Å². The minimum absolute atomic E-state index is 0.0735. The van der Waals surface area contributed by atoms with E-state index in [1.807, 2.05) is 42.5 Å². The van der Waals surface area contributed by atoms with Gasteiger partial charge in [-0.1, -0.05) is 47.7 Å². The maximum atomic E-state index is 12.1.